The number of hydrogen-bond donors (Lipinski definition) is 1. The largest absolute Gasteiger partial charge is 0.438 e. The summed E-state index contributed by atoms with van der Waals surface area (Å²) in [5, 5.41) is 2.58. The zero-order chi connectivity index (χ0) is 17.2. The molecule has 124 valence electrons. The minimum absolute atomic E-state index is 0.00886. The number of hydrogen-bond acceptors (Lipinski definition) is 3. The highest BCUT2D eigenvalue weighted by molar-refractivity contribution is 5.83. The van der Waals surface area contributed by atoms with Crippen LogP contribution >= 0.6 is 0 Å². The van der Waals surface area contributed by atoms with E-state index < -0.39 is 29.4 Å². The number of amides is 1. The first-order valence-corrected chi connectivity index (χ1v) is 7.13. The summed E-state index contributed by atoms with van der Waals surface area (Å²) in [6, 6.07) is 4.85. The van der Waals surface area contributed by atoms with Gasteiger partial charge in [0.2, 0.25) is 11.6 Å². The molecule has 1 aromatic heterocycles. The molecule has 0 fully saturated rings. The van der Waals surface area contributed by atoms with E-state index in [-0.39, 0.29) is 11.0 Å². The summed E-state index contributed by atoms with van der Waals surface area (Å²) in [5.41, 5.74) is -2.65. The van der Waals surface area contributed by atoms with Gasteiger partial charge in [-0.05, 0) is 25.5 Å². The van der Waals surface area contributed by atoms with Crippen molar-refractivity contribution in [1.82, 2.24) is 14.9 Å². The molecule has 0 aliphatic carbocycles. The lowest BCUT2D eigenvalue weighted by molar-refractivity contribution is -0.142. The molecule has 23 heavy (non-hydrogen) atoms. The van der Waals surface area contributed by atoms with Crippen LogP contribution in [0, 0.1) is 0 Å². The SMILES string of the molecule is CCCNC(=O)C(C)n1c(=O)c(C(F)(F)F)nc2ccccc21. The number of para-hydroxylation sites is 2. The fourth-order valence-corrected chi connectivity index (χ4v) is 2.24. The topological polar surface area (TPSA) is 64.0 Å². The molecule has 0 aliphatic rings. The number of rotatable bonds is 4. The molecular formula is C15H16F3N3O2. The summed E-state index contributed by atoms with van der Waals surface area (Å²) in [6.07, 6.45) is -4.21. The molecule has 0 bridgehead atoms. The second kappa shape index (κ2) is 6.39. The lowest BCUT2D eigenvalue weighted by atomic mass is 10.2. The third kappa shape index (κ3) is 3.35. The van der Waals surface area contributed by atoms with Gasteiger partial charge in [0, 0.05) is 6.54 Å². The Morgan fingerprint density at radius 3 is 2.61 bits per heavy atom. The maximum Gasteiger partial charge on any atom is 0.438 e. The van der Waals surface area contributed by atoms with E-state index in [9.17, 15) is 22.8 Å². The normalized spacial score (nSPS) is 13.1. The molecule has 1 heterocycles. The molecule has 2 rings (SSSR count). The summed E-state index contributed by atoms with van der Waals surface area (Å²) in [7, 11) is 0. The zero-order valence-electron chi connectivity index (χ0n) is 12.6. The van der Waals surface area contributed by atoms with Crippen molar-refractivity contribution in [3.05, 3.63) is 40.3 Å². The second-order valence-electron chi connectivity index (χ2n) is 5.09. The van der Waals surface area contributed by atoms with Crippen molar-refractivity contribution in [2.24, 2.45) is 0 Å². The van der Waals surface area contributed by atoms with E-state index in [0.29, 0.717) is 13.0 Å². The van der Waals surface area contributed by atoms with Crippen molar-refractivity contribution in [3.8, 4) is 0 Å². The molecule has 1 aromatic carbocycles. The molecule has 5 nitrogen and oxygen atoms in total. The van der Waals surface area contributed by atoms with E-state index >= 15 is 0 Å². The number of carbonyl (C=O) groups excluding carboxylic acids is 1. The molecule has 0 radical (unpaired) electrons. The third-order valence-electron chi connectivity index (χ3n) is 3.38. The molecule has 1 atom stereocenters. The van der Waals surface area contributed by atoms with Crippen LogP contribution in [0.4, 0.5) is 13.2 Å². The Hall–Kier alpha value is -2.38. The summed E-state index contributed by atoms with van der Waals surface area (Å²) in [4.78, 5) is 27.8. The molecule has 1 N–H and O–H groups in total. The van der Waals surface area contributed by atoms with Crippen LogP contribution in [0.1, 0.15) is 32.0 Å². The molecule has 0 saturated carbocycles. The Kier molecular flexibility index (Phi) is 4.72. The lowest BCUT2D eigenvalue weighted by Crippen LogP contribution is -2.39. The molecule has 0 aliphatic heterocycles. The van der Waals surface area contributed by atoms with Crippen molar-refractivity contribution >= 4 is 16.9 Å². The van der Waals surface area contributed by atoms with Gasteiger partial charge in [-0.15, -0.1) is 0 Å². The van der Waals surface area contributed by atoms with E-state index in [1.54, 1.807) is 6.07 Å². The first-order valence-electron chi connectivity index (χ1n) is 7.13. The Morgan fingerprint density at radius 2 is 2.00 bits per heavy atom. The molecule has 0 saturated heterocycles. The quantitative estimate of drug-likeness (QED) is 0.938. The average molecular weight is 327 g/mol. The van der Waals surface area contributed by atoms with Crippen LogP contribution in [0.5, 0.6) is 0 Å². The van der Waals surface area contributed by atoms with E-state index in [4.69, 9.17) is 0 Å². The van der Waals surface area contributed by atoms with E-state index in [2.05, 4.69) is 10.3 Å². The number of benzene rings is 1. The van der Waals surface area contributed by atoms with Gasteiger partial charge in [0.1, 0.15) is 6.04 Å². The Bertz CT molecular complexity index is 784. The molecule has 0 spiro atoms. The summed E-state index contributed by atoms with van der Waals surface area (Å²) >= 11 is 0. The number of nitrogens with one attached hydrogen (secondary N) is 1. The molecule has 2 aromatic rings. The van der Waals surface area contributed by atoms with Gasteiger partial charge in [-0.2, -0.15) is 13.2 Å². The minimum Gasteiger partial charge on any atom is -0.354 e. The first-order chi connectivity index (χ1) is 10.8. The zero-order valence-corrected chi connectivity index (χ0v) is 12.6. The summed E-state index contributed by atoms with van der Waals surface area (Å²) < 4.78 is 40.0. The molecular weight excluding hydrogens is 311 g/mol. The minimum atomic E-state index is -4.89. The highest BCUT2D eigenvalue weighted by Crippen LogP contribution is 2.27. The van der Waals surface area contributed by atoms with E-state index in [0.717, 1.165) is 4.57 Å². The van der Waals surface area contributed by atoms with Gasteiger partial charge in [0.15, 0.2) is 0 Å². The fraction of sp³-hybridized carbons (Fsp3) is 0.400. The molecule has 1 unspecified atom stereocenters. The summed E-state index contributed by atoms with van der Waals surface area (Å²) in [5.74, 6) is -0.515. The van der Waals surface area contributed by atoms with Gasteiger partial charge in [0.25, 0.3) is 5.56 Å². The van der Waals surface area contributed by atoms with Crippen LogP contribution in [0.25, 0.3) is 11.0 Å². The molecule has 1 amide bonds. The van der Waals surface area contributed by atoms with Crippen LogP contribution in [0.3, 0.4) is 0 Å². The Labute approximate surface area is 130 Å². The van der Waals surface area contributed by atoms with Gasteiger partial charge in [-0.1, -0.05) is 19.1 Å². The van der Waals surface area contributed by atoms with E-state index in [1.165, 1.54) is 25.1 Å². The van der Waals surface area contributed by atoms with Gasteiger partial charge < -0.3 is 5.32 Å². The Morgan fingerprint density at radius 1 is 1.35 bits per heavy atom. The highest BCUT2D eigenvalue weighted by Gasteiger charge is 2.38. The fourth-order valence-electron chi connectivity index (χ4n) is 2.24. The molecule has 8 heteroatoms. The van der Waals surface area contributed by atoms with Gasteiger partial charge in [-0.25, -0.2) is 4.98 Å². The number of fused-ring (bicyclic) bond motifs is 1. The highest BCUT2D eigenvalue weighted by atomic mass is 19.4. The monoisotopic (exact) mass is 327 g/mol. The van der Waals surface area contributed by atoms with E-state index in [1.807, 2.05) is 6.92 Å². The van der Waals surface area contributed by atoms with Crippen LogP contribution in [0.2, 0.25) is 0 Å². The van der Waals surface area contributed by atoms with Gasteiger partial charge in [-0.3, -0.25) is 14.2 Å². The smallest absolute Gasteiger partial charge is 0.354 e. The number of aromatic nitrogens is 2. The maximum absolute atomic E-state index is 13.0. The number of nitrogens with zero attached hydrogens (tertiary/aromatic N) is 2. The Balaban J connectivity index is 2.68. The van der Waals surface area contributed by atoms with Crippen LogP contribution in [-0.2, 0) is 11.0 Å². The van der Waals surface area contributed by atoms with Crippen molar-refractivity contribution in [2.75, 3.05) is 6.54 Å². The predicted octanol–water partition coefficient (Wildman–Crippen LogP) is 2.50. The lowest BCUT2D eigenvalue weighted by Gasteiger charge is -2.19. The second-order valence-corrected chi connectivity index (χ2v) is 5.09. The van der Waals surface area contributed by atoms with Crippen molar-refractivity contribution in [2.45, 2.75) is 32.5 Å². The third-order valence-corrected chi connectivity index (χ3v) is 3.38. The van der Waals surface area contributed by atoms with Crippen molar-refractivity contribution in [1.29, 1.82) is 0 Å². The maximum atomic E-state index is 13.0. The van der Waals surface area contributed by atoms with Crippen LogP contribution in [-0.4, -0.2) is 22.0 Å². The van der Waals surface area contributed by atoms with Gasteiger partial charge >= 0.3 is 6.18 Å². The van der Waals surface area contributed by atoms with Crippen LogP contribution in [0.15, 0.2) is 29.1 Å². The van der Waals surface area contributed by atoms with Crippen molar-refractivity contribution < 1.29 is 18.0 Å². The summed E-state index contributed by atoms with van der Waals surface area (Å²) in [6.45, 7) is 3.62. The average Bonchev–Trinajstić information content (AvgIpc) is 2.50. The number of alkyl halides is 3. The van der Waals surface area contributed by atoms with Crippen molar-refractivity contribution in [3.63, 3.8) is 0 Å². The van der Waals surface area contributed by atoms with Crippen LogP contribution < -0.4 is 10.9 Å². The van der Waals surface area contributed by atoms with Gasteiger partial charge in [0.05, 0.1) is 11.0 Å². The number of carbonyl (C=O) groups is 1. The predicted molar refractivity (Wildman–Crippen MR) is 79.0 cm³/mol. The number of halogens is 3. The standard InChI is InChI=1S/C15H16F3N3O2/c1-3-8-19-13(22)9(2)21-11-7-5-4-6-10(11)20-12(14(21)23)15(16,17)18/h4-7,9H,3,8H2,1-2H3,(H,19,22). The first kappa shape index (κ1) is 17.0.